The fraction of sp³-hybridized carbons (Fsp3) is 0.211. The van der Waals surface area contributed by atoms with Crippen molar-refractivity contribution in [3.05, 3.63) is 53.7 Å². The number of esters is 1. The number of carbonyl (C=O) groups is 1. The van der Waals surface area contributed by atoms with E-state index in [1.54, 1.807) is 38.1 Å². The van der Waals surface area contributed by atoms with Crippen molar-refractivity contribution in [1.82, 2.24) is 9.97 Å². The minimum absolute atomic E-state index is 0.181. The van der Waals surface area contributed by atoms with Crippen molar-refractivity contribution in [1.29, 1.82) is 0 Å². The molecule has 26 heavy (non-hydrogen) atoms. The molecule has 0 aliphatic heterocycles. The zero-order valence-electron chi connectivity index (χ0n) is 14.3. The van der Waals surface area contributed by atoms with Gasteiger partial charge < -0.3 is 14.2 Å². The van der Waals surface area contributed by atoms with Crippen LogP contribution in [-0.4, -0.2) is 28.6 Å². The molecule has 0 radical (unpaired) electrons. The number of rotatable bonds is 6. The number of ether oxygens (including phenoxy) is 3. The predicted octanol–water partition coefficient (Wildman–Crippen LogP) is 4.41. The summed E-state index contributed by atoms with van der Waals surface area (Å²) in [7, 11) is 0. The Kier molecular flexibility index (Phi) is 5.53. The van der Waals surface area contributed by atoms with E-state index in [4.69, 9.17) is 25.8 Å². The quantitative estimate of drug-likeness (QED) is 0.597. The molecule has 0 bridgehead atoms. The van der Waals surface area contributed by atoms with Gasteiger partial charge in [0.1, 0.15) is 11.5 Å². The van der Waals surface area contributed by atoms with E-state index in [-0.39, 0.29) is 11.0 Å². The summed E-state index contributed by atoms with van der Waals surface area (Å²) in [5.74, 6) is 0.853. The summed E-state index contributed by atoms with van der Waals surface area (Å²) in [4.78, 5) is 20.2. The number of hydrogen-bond donors (Lipinski definition) is 0. The molecule has 134 valence electrons. The van der Waals surface area contributed by atoms with Gasteiger partial charge in [0.15, 0.2) is 11.3 Å². The zero-order chi connectivity index (χ0) is 18.5. The summed E-state index contributed by atoms with van der Waals surface area (Å²) in [5, 5.41) is 0.181. The topological polar surface area (TPSA) is 70.5 Å². The normalized spacial score (nSPS) is 11.8. The van der Waals surface area contributed by atoms with Crippen molar-refractivity contribution in [3.8, 4) is 17.4 Å². The number of benzene rings is 2. The summed E-state index contributed by atoms with van der Waals surface area (Å²) in [6, 6.07) is 14.2. The second kappa shape index (κ2) is 8.01. The monoisotopic (exact) mass is 372 g/mol. The molecule has 0 spiro atoms. The SMILES string of the molecule is CCOC(=O)[C@@H](C)Oc1ccc(Oc2nc3ccccc3nc2Cl)cc1. The molecule has 0 fully saturated rings. The zero-order valence-corrected chi connectivity index (χ0v) is 15.1. The molecule has 3 rings (SSSR count). The molecule has 0 saturated heterocycles. The van der Waals surface area contributed by atoms with Crippen molar-refractivity contribution in [2.75, 3.05) is 6.61 Å². The van der Waals surface area contributed by atoms with Crippen LogP contribution in [-0.2, 0) is 9.53 Å². The van der Waals surface area contributed by atoms with Gasteiger partial charge in [0.25, 0.3) is 5.88 Å². The van der Waals surface area contributed by atoms with E-state index in [1.165, 1.54) is 0 Å². The fourth-order valence-electron chi connectivity index (χ4n) is 2.24. The molecular weight excluding hydrogens is 356 g/mol. The minimum Gasteiger partial charge on any atom is -0.479 e. The number of carbonyl (C=O) groups excluding carboxylic acids is 1. The number of hydrogen-bond acceptors (Lipinski definition) is 6. The molecule has 0 aliphatic rings. The van der Waals surface area contributed by atoms with E-state index < -0.39 is 12.1 Å². The van der Waals surface area contributed by atoms with Gasteiger partial charge in [-0.25, -0.2) is 14.8 Å². The van der Waals surface area contributed by atoms with Gasteiger partial charge in [0.2, 0.25) is 0 Å². The summed E-state index contributed by atoms with van der Waals surface area (Å²) < 4.78 is 16.2. The third-order valence-corrected chi connectivity index (χ3v) is 3.71. The number of nitrogens with zero attached hydrogens (tertiary/aromatic N) is 2. The summed E-state index contributed by atoms with van der Waals surface area (Å²) >= 11 is 6.14. The lowest BCUT2D eigenvalue weighted by molar-refractivity contribution is -0.150. The standard InChI is InChI=1S/C19H17ClN2O4/c1-3-24-19(23)12(2)25-13-8-10-14(11-9-13)26-18-17(20)21-15-6-4-5-7-16(15)22-18/h4-12H,3H2,1-2H3/t12-/m1/s1. The van der Waals surface area contributed by atoms with E-state index in [0.717, 1.165) is 0 Å². The van der Waals surface area contributed by atoms with Crippen LogP contribution < -0.4 is 9.47 Å². The van der Waals surface area contributed by atoms with Gasteiger partial charge in [0, 0.05) is 0 Å². The van der Waals surface area contributed by atoms with E-state index in [1.807, 2.05) is 24.3 Å². The van der Waals surface area contributed by atoms with Gasteiger partial charge in [-0.3, -0.25) is 0 Å². The van der Waals surface area contributed by atoms with E-state index in [0.29, 0.717) is 29.1 Å². The number of halogens is 1. The van der Waals surface area contributed by atoms with E-state index in [2.05, 4.69) is 9.97 Å². The highest BCUT2D eigenvalue weighted by molar-refractivity contribution is 6.31. The van der Waals surface area contributed by atoms with Crippen molar-refractivity contribution in [2.45, 2.75) is 20.0 Å². The lowest BCUT2D eigenvalue weighted by Gasteiger charge is -2.13. The lowest BCUT2D eigenvalue weighted by atomic mass is 10.3. The third kappa shape index (κ3) is 4.21. The molecule has 1 heterocycles. The van der Waals surface area contributed by atoms with Crippen molar-refractivity contribution < 1.29 is 19.0 Å². The van der Waals surface area contributed by atoms with Crippen LogP contribution in [0.4, 0.5) is 0 Å². The number of para-hydroxylation sites is 2. The van der Waals surface area contributed by atoms with Crippen molar-refractivity contribution >= 4 is 28.6 Å². The van der Waals surface area contributed by atoms with Gasteiger partial charge in [-0.15, -0.1) is 0 Å². The highest BCUT2D eigenvalue weighted by atomic mass is 35.5. The molecule has 0 saturated carbocycles. The van der Waals surface area contributed by atoms with Crippen LogP contribution >= 0.6 is 11.6 Å². The minimum atomic E-state index is -0.692. The second-order valence-electron chi connectivity index (χ2n) is 5.39. The Morgan fingerprint density at radius 3 is 2.31 bits per heavy atom. The Bertz CT molecular complexity index is 915. The Morgan fingerprint density at radius 2 is 1.65 bits per heavy atom. The van der Waals surface area contributed by atoms with E-state index in [9.17, 15) is 4.79 Å². The predicted molar refractivity (Wildman–Crippen MR) is 97.8 cm³/mol. The van der Waals surface area contributed by atoms with Gasteiger partial charge in [0.05, 0.1) is 17.6 Å². The molecule has 0 unspecified atom stereocenters. The number of fused-ring (bicyclic) bond motifs is 1. The maximum absolute atomic E-state index is 11.6. The summed E-state index contributed by atoms with van der Waals surface area (Å²) in [5.41, 5.74) is 1.39. The van der Waals surface area contributed by atoms with Gasteiger partial charge >= 0.3 is 5.97 Å². The molecule has 0 N–H and O–H groups in total. The van der Waals surface area contributed by atoms with Gasteiger partial charge in [-0.1, -0.05) is 23.7 Å². The molecule has 1 aromatic heterocycles. The molecule has 6 nitrogen and oxygen atoms in total. The molecule has 3 aromatic rings. The first-order chi connectivity index (χ1) is 12.6. The largest absolute Gasteiger partial charge is 0.479 e. The van der Waals surface area contributed by atoms with Crippen LogP contribution in [0.2, 0.25) is 5.15 Å². The molecule has 7 heteroatoms. The Hall–Kier alpha value is -2.86. The number of aromatic nitrogens is 2. The Morgan fingerprint density at radius 1 is 1.04 bits per heavy atom. The summed E-state index contributed by atoms with van der Waals surface area (Å²) in [6.07, 6.45) is -0.692. The van der Waals surface area contributed by atoms with Crippen molar-refractivity contribution in [2.24, 2.45) is 0 Å². The van der Waals surface area contributed by atoms with Crippen LogP contribution in [0.3, 0.4) is 0 Å². The van der Waals surface area contributed by atoms with Gasteiger partial charge in [-0.05, 0) is 50.2 Å². The first kappa shape index (κ1) is 17.9. The highest BCUT2D eigenvalue weighted by Crippen LogP contribution is 2.29. The van der Waals surface area contributed by atoms with Crippen LogP contribution in [0.15, 0.2) is 48.5 Å². The Labute approximate surface area is 155 Å². The van der Waals surface area contributed by atoms with Crippen LogP contribution in [0.25, 0.3) is 11.0 Å². The second-order valence-corrected chi connectivity index (χ2v) is 5.75. The molecular formula is C19H17ClN2O4. The summed E-state index contributed by atoms with van der Waals surface area (Å²) in [6.45, 7) is 3.69. The van der Waals surface area contributed by atoms with Crippen molar-refractivity contribution in [3.63, 3.8) is 0 Å². The molecule has 2 aromatic carbocycles. The Balaban J connectivity index is 1.71. The first-order valence-corrected chi connectivity index (χ1v) is 8.48. The maximum atomic E-state index is 11.6. The van der Waals surface area contributed by atoms with Crippen LogP contribution in [0.1, 0.15) is 13.8 Å². The van der Waals surface area contributed by atoms with Crippen LogP contribution in [0.5, 0.6) is 17.4 Å². The maximum Gasteiger partial charge on any atom is 0.347 e. The molecule has 0 aliphatic carbocycles. The molecule has 1 atom stereocenters. The van der Waals surface area contributed by atoms with Gasteiger partial charge in [-0.2, -0.15) is 0 Å². The third-order valence-electron chi connectivity index (χ3n) is 3.47. The fourth-order valence-corrected chi connectivity index (χ4v) is 2.41. The average Bonchev–Trinajstić information content (AvgIpc) is 2.64. The first-order valence-electron chi connectivity index (χ1n) is 8.10. The smallest absolute Gasteiger partial charge is 0.347 e. The highest BCUT2D eigenvalue weighted by Gasteiger charge is 2.16. The van der Waals surface area contributed by atoms with Crippen LogP contribution in [0, 0.1) is 0 Å². The lowest BCUT2D eigenvalue weighted by Crippen LogP contribution is -2.25. The molecule has 0 amide bonds. The van der Waals surface area contributed by atoms with E-state index >= 15 is 0 Å². The average molecular weight is 373 g/mol.